The number of nitrogens with zero attached hydrogens (tertiary/aromatic N) is 1. The van der Waals surface area contributed by atoms with E-state index in [0.29, 0.717) is 6.61 Å². The molecule has 1 aliphatic heterocycles. The van der Waals surface area contributed by atoms with Gasteiger partial charge in [-0.25, -0.2) is 0 Å². The van der Waals surface area contributed by atoms with Gasteiger partial charge in [0, 0.05) is 13.2 Å². The third kappa shape index (κ3) is 4.09. The van der Waals surface area contributed by atoms with E-state index in [2.05, 4.69) is 4.90 Å². The lowest BCUT2D eigenvalue weighted by atomic mass is 10.00. The number of aliphatic hydroxyl groups is 1. The number of β-amino-alcohol motifs (C(OH)–C–C–N with tert-alkyl or cyclic N) is 1. The van der Waals surface area contributed by atoms with Crippen LogP contribution < -0.4 is 0 Å². The summed E-state index contributed by atoms with van der Waals surface area (Å²) in [6, 6.07) is 0. The highest BCUT2D eigenvalue weighted by Crippen LogP contribution is 2.18. The van der Waals surface area contributed by atoms with E-state index in [1.54, 1.807) is 0 Å². The molecule has 0 bridgehead atoms. The highest BCUT2D eigenvalue weighted by molar-refractivity contribution is 4.82. The quantitative estimate of drug-likeness (QED) is 0.757. The number of hydrogen-bond donors (Lipinski definition) is 1. The summed E-state index contributed by atoms with van der Waals surface area (Å²) in [6.07, 6.45) is 3.47. The van der Waals surface area contributed by atoms with Crippen molar-refractivity contribution in [3.63, 3.8) is 0 Å². The summed E-state index contributed by atoms with van der Waals surface area (Å²) < 4.78 is 5.56. The molecule has 0 aromatic rings. The molecule has 1 unspecified atom stereocenters. The molecule has 1 heterocycles. The Morgan fingerprint density at radius 3 is 2.40 bits per heavy atom. The molecule has 1 aliphatic rings. The third-order valence-corrected chi connectivity index (χ3v) is 3.20. The van der Waals surface area contributed by atoms with Gasteiger partial charge in [0.25, 0.3) is 0 Å². The summed E-state index contributed by atoms with van der Waals surface area (Å²) in [5, 5.41) is 10.1. The van der Waals surface area contributed by atoms with Crippen molar-refractivity contribution in [3.05, 3.63) is 0 Å². The van der Waals surface area contributed by atoms with Crippen LogP contribution >= 0.6 is 0 Å². The summed E-state index contributed by atoms with van der Waals surface area (Å²) in [6.45, 7) is 9.54. The fourth-order valence-electron chi connectivity index (χ4n) is 2.07. The fourth-order valence-corrected chi connectivity index (χ4v) is 2.07. The summed E-state index contributed by atoms with van der Waals surface area (Å²) in [5.74, 6) is 0. The van der Waals surface area contributed by atoms with Gasteiger partial charge in [0.15, 0.2) is 0 Å². The summed E-state index contributed by atoms with van der Waals surface area (Å²) in [7, 11) is 0. The molecule has 0 spiro atoms. The van der Waals surface area contributed by atoms with Crippen LogP contribution in [0.1, 0.15) is 40.0 Å². The van der Waals surface area contributed by atoms with Gasteiger partial charge in [-0.2, -0.15) is 0 Å². The monoisotopic (exact) mass is 215 g/mol. The van der Waals surface area contributed by atoms with Crippen molar-refractivity contribution in [2.45, 2.75) is 51.7 Å². The average Bonchev–Trinajstić information content (AvgIpc) is 2.19. The van der Waals surface area contributed by atoms with Crippen molar-refractivity contribution >= 4 is 0 Å². The van der Waals surface area contributed by atoms with Gasteiger partial charge in [0.2, 0.25) is 0 Å². The van der Waals surface area contributed by atoms with Crippen molar-refractivity contribution < 1.29 is 9.84 Å². The highest BCUT2D eigenvalue weighted by atomic mass is 16.5. The molecular weight excluding hydrogens is 190 g/mol. The first-order valence-corrected chi connectivity index (χ1v) is 6.10. The Balaban J connectivity index is 2.35. The Bertz CT molecular complexity index is 176. The van der Waals surface area contributed by atoms with Crippen molar-refractivity contribution in [1.29, 1.82) is 0 Å². The van der Waals surface area contributed by atoms with Gasteiger partial charge in [-0.05, 0) is 46.7 Å². The maximum atomic E-state index is 10.1. The van der Waals surface area contributed by atoms with Crippen LogP contribution in [0.3, 0.4) is 0 Å². The fraction of sp³-hybridized carbons (Fsp3) is 1.00. The molecule has 15 heavy (non-hydrogen) atoms. The zero-order valence-electron chi connectivity index (χ0n) is 10.3. The number of piperidine rings is 1. The standard InChI is InChI=1S/C12H25NO2/c1-4-15-12(2,3)11(14)10-13-8-6-5-7-9-13/h11,14H,4-10H2,1-3H3. The van der Waals surface area contributed by atoms with Gasteiger partial charge < -0.3 is 14.7 Å². The topological polar surface area (TPSA) is 32.7 Å². The predicted molar refractivity (Wildman–Crippen MR) is 62.0 cm³/mol. The first-order valence-electron chi connectivity index (χ1n) is 6.10. The minimum absolute atomic E-state index is 0.393. The molecule has 0 aromatic carbocycles. The zero-order valence-corrected chi connectivity index (χ0v) is 10.3. The highest BCUT2D eigenvalue weighted by Gasteiger charge is 2.30. The molecule has 0 saturated carbocycles. The van der Waals surface area contributed by atoms with Crippen LogP contribution in [0.4, 0.5) is 0 Å². The van der Waals surface area contributed by atoms with Crippen LogP contribution in [-0.4, -0.2) is 48.0 Å². The molecule has 1 fully saturated rings. The predicted octanol–water partition coefficient (Wildman–Crippen LogP) is 1.65. The van der Waals surface area contributed by atoms with Crippen LogP contribution in [-0.2, 0) is 4.74 Å². The smallest absolute Gasteiger partial charge is 0.0950 e. The molecule has 1 atom stereocenters. The number of ether oxygens (including phenoxy) is 1. The van der Waals surface area contributed by atoms with E-state index in [1.165, 1.54) is 19.3 Å². The lowest BCUT2D eigenvalue weighted by Gasteiger charge is -2.35. The molecule has 3 nitrogen and oxygen atoms in total. The molecule has 1 saturated heterocycles. The van der Waals surface area contributed by atoms with Gasteiger partial charge in [0.1, 0.15) is 0 Å². The molecule has 3 heteroatoms. The molecule has 90 valence electrons. The Hall–Kier alpha value is -0.120. The molecule has 0 aliphatic carbocycles. The summed E-state index contributed by atoms with van der Waals surface area (Å²) >= 11 is 0. The Kier molecular flexibility index (Phi) is 5.03. The third-order valence-electron chi connectivity index (χ3n) is 3.20. The van der Waals surface area contributed by atoms with E-state index < -0.39 is 11.7 Å². The second-order valence-electron chi connectivity index (χ2n) is 4.91. The van der Waals surface area contributed by atoms with Crippen LogP contribution in [0.5, 0.6) is 0 Å². The number of aliphatic hydroxyl groups excluding tert-OH is 1. The van der Waals surface area contributed by atoms with Crippen molar-refractivity contribution in [2.75, 3.05) is 26.2 Å². The summed E-state index contributed by atoms with van der Waals surface area (Å²) in [4.78, 5) is 2.34. The molecule has 0 aromatic heterocycles. The normalized spacial score (nSPS) is 21.6. The van der Waals surface area contributed by atoms with E-state index >= 15 is 0 Å². The van der Waals surface area contributed by atoms with Gasteiger partial charge >= 0.3 is 0 Å². The Morgan fingerprint density at radius 2 is 1.87 bits per heavy atom. The lowest BCUT2D eigenvalue weighted by molar-refractivity contribution is -0.106. The maximum absolute atomic E-state index is 10.1. The second kappa shape index (κ2) is 5.83. The summed E-state index contributed by atoms with van der Waals surface area (Å²) in [5.41, 5.74) is -0.424. The number of rotatable bonds is 5. The van der Waals surface area contributed by atoms with Crippen LogP contribution in [0, 0.1) is 0 Å². The molecule has 0 amide bonds. The SMILES string of the molecule is CCOC(C)(C)C(O)CN1CCCCC1. The van der Waals surface area contributed by atoms with E-state index in [0.717, 1.165) is 19.6 Å². The van der Waals surface area contributed by atoms with Gasteiger partial charge in [-0.1, -0.05) is 6.42 Å². The van der Waals surface area contributed by atoms with Gasteiger partial charge in [0.05, 0.1) is 11.7 Å². The number of hydrogen-bond acceptors (Lipinski definition) is 3. The first-order chi connectivity index (χ1) is 7.06. The van der Waals surface area contributed by atoms with E-state index in [4.69, 9.17) is 4.74 Å². The van der Waals surface area contributed by atoms with Crippen LogP contribution in [0.2, 0.25) is 0 Å². The van der Waals surface area contributed by atoms with Gasteiger partial charge in [-0.3, -0.25) is 0 Å². The Labute approximate surface area is 93.4 Å². The molecular formula is C12H25NO2. The molecule has 0 radical (unpaired) electrons. The average molecular weight is 215 g/mol. The minimum atomic E-state index is -0.424. The van der Waals surface area contributed by atoms with Crippen molar-refractivity contribution in [1.82, 2.24) is 4.90 Å². The number of likely N-dealkylation sites (tertiary alicyclic amines) is 1. The van der Waals surface area contributed by atoms with Crippen LogP contribution in [0.15, 0.2) is 0 Å². The molecule has 1 N–H and O–H groups in total. The molecule has 1 rings (SSSR count). The van der Waals surface area contributed by atoms with Crippen LogP contribution in [0.25, 0.3) is 0 Å². The van der Waals surface area contributed by atoms with Gasteiger partial charge in [-0.15, -0.1) is 0 Å². The minimum Gasteiger partial charge on any atom is -0.389 e. The van der Waals surface area contributed by atoms with Crippen molar-refractivity contribution in [2.24, 2.45) is 0 Å². The Morgan fingerprint density at radius 1 is 1.27 bits per heavy atom. The van der Waals surface area contributed by atoms with E-state index in [1.807, 2.05) is 20.8 Å². The second-order valence-corrected chi connectivity index (χ2v) is 4.91. The zero-order chi connectivity index (χ0) is 11.3. The van der Waals surface area contributed by atoms with E-state index in [-0.39, 0.29) is 0 Å². The van der Waals surface area contributed by atoms with E-state index in [9.17, 15) is 5.11 Å². The lowest BCUT2D eigenvalue weighted by Crippen LogP contribution is -2.47. The largest absolute Gasteiger partial charge is 0.389 e. The maximum Gasteiger partial charge on any atom is 0.0950 e. The first kappa shape index (κ1) is 12.9. The van der Waals surface area contributed by atoms with Crippen molar-refractivity contribution in [3.8, 4) is 0 Å².